The van der Waals surface area contributed by atoms with Crippen molar-refractivity contribution in [1.82, 2.24) is 4.98 Å². The molecule has 0 radical (unpaired) electrons. The van der Waals surface area contributed by atoms with Crippen molar-refractivity contribution in [3.8, 4) is 0 Å². The highest BCUT2D eigenvalue weighted by Gasteiger charge is 2.48. The van der Waals surface area contributed by atoms with Gasteiger partial charge >= 0.3 is 0 Å². The average molecular weight is 321 g/mol. The molecule has 0 saturated carbocycles. The summed E-state index contributed by atoms with van der Waals surface area (Å²) in [6.07, 6.45) is 4.63. The molecule has 2 unspecified atom stereocenters. The van der Waals surface area contributed by atoms with Crippen molar-refractivity contribution in [2.45, 2.75) is 24.0 Å². The van der Waals surface area contributed by atoms with Crippen molar-refractivity contribution < 1.29 is 4.55 Å². The minimum atomic E-state index is -1.02. The Balaban J connectivity index is 2.16. The second kappa shape index (κ2) is 5.64. The molecule has 0 bridgehead atoms. The lowest BCUT2D eigenvalue weighted by Crippen LogP contribution is -2.44. The van der Waals surface area contributed by atoms with Gasteiger partial charge < -0.3 is 4.55 Å². The number of aromatic nitrogens is 1. The lowest BCUT2D eigenvalue weighted by atomic mass is 9.94. The third kappa shape index (κ3) is 2.26. The van der Waals surface area contributed by atoms with Crippen molar-refractivity contribution in [1.29, 1.82) is 0 Å². The van der Waals surface area contributed by atoms with E-state index in [1.807, 2.05) is 30.5 Å². The molecule has 2 aromatic rings. The largest absolute Gasteiger partial charge is 0.615 e. The van der Waals surface area contributed by atoms with E-state index < -0.39 is 15.9 Å². The van der Waals surface area contributed by atoms with Crippen LogP contribution in [0.3, 0.4) is 0 Å². The summed E-state index contributed by atoms with van der Waals surface area (Å²) in [5, 5.41) is 1.05. The topological polar surface area (TPSA) is 36.0 Å². The van der Waals surface area contributed by atoms with Crippen LogP contribution in [0.1, 0.15) is 24.8 Å². The standard InChI is InChI=1S/C15H15NOS3/c17-20-8-4-3-7-15(20,14(18)19)12-9-11-5-1-2-6-13(11)16-10-12/h1-2,5-6,9-10H,3-4,7-8H2,(H,18,19). The van der Waals surface area contributed by atoms with E-state index in [2.05, 4.69) is 23.7 Å². The first-order chi connectivity index (χ1) is 9.64. The van der Waals surface area contributed by atoms with E-state index in [0.717, 1.165) is 35.7 Å². The molecule has 2 heterocycles. The van der Waals surface area contributed by atoms with E-state index in [-0.39, 0.29) is 0 Å². The van der Waals surface area contributed by atoms with Gasteiger partial charge in [0.25, 0.3) is 0 Å². The fourth-order valence-electron chi connectivity index (χ4n) is 2.79. The van der Waals surface area contributed by atoms with Gasteiger partial charge in [0.1, 0.15) is 9.95 Å². The molecule has 0 aliphatic carbocycles. The van der Waals surface area contributed by atoms with Crippen molar-refractivity contribution >= 4 is 51.1 Å². The molecule has 104 valence electrons. The van der Waals surface area contributed by atoms with Gasteiger partial charge in [-0.05, 0) is 36.2 Å². The highest BCUT2D eigenvalue weighted by Crippen LogP contribution is 2.43. The van der Waals surface area contributed by atoms with Gasteiger partial charge in [0, 0.05) is 23.6 Å². The average Bonchev–Trinajstić information content (AvgIpc) is 2.47. The van der Waals surface area contributed by atoms with Gasteiger partial charge in [-0.1, -0.05) is 30.4 Å². The maximum atomic E-state index is 12.6. The number of fused-ring (bicyclic) bond motifs is 1. The highest BCUT2D eigenvalue weighted by molar-refractivity contribution is 8.13. The monoisotopic (exact) mass is 321 g/mol. The van der Waals surface area contributed by atoms with Crippen LogP contribution in [-0.2, 0) is 15.9 Å². The maximum Gasteiger partial charge on any atom is 0.192 e. The molecule has 0 amide bonds. The second-order valence-corrected chi connectivity index (χ2v) is 8.01. The number of nitrogens with zero attached hydrogens (tertiary/aromatic N) is 1. The molecule has 1 aliphatic rings. The van der Waals surface area contributed by atoms with E-state index in [1.165, 1.54) is 0 Å². The molecule has 5 heteroatoms. The van der Waals surface area contributed by atoms with Crippen molar-refractivity contribution in [2.24, 2.45) is 0 Å². The number of thiocarbonyl (C=S) groups is 1. The third-order valence-electron chi connectivity index (χ3n) is 3.90. The fraction of sp³-hybridized carbons (Fsp3) is 0.333. The number of para-hydroxylation sites is 1. The molecule has 3 rings (SSSR count). The van der Waals surface area contributed by atoms with Gasteiger partial charge in [0.2, 0.25) is 0 Å². The van der Waals surface area contributed by atoms with E-state index >= 15 is 0 Å². The lowest BCUT2D eigenvalue weighted by molar-refractivity contribution is 0.520. The number of hydrogen-bond donors (Lipinski definition) is 1. The Hall–Kier alpha value is -0.620. The first kappa shape index (κ1) is 14.3. The number of rotatable bonds is 2. The molecule has 2 atom stereocenters. The summed E-state index contributed by atoms with van der Waals surface area (Å²) in [6.45, 7) is 0. The predicted octanol–water partition coefficient (Wildman–Crippen LogP) is 3.62. The first-order valence-electron chi connectivity index (χ1n) is 6.62. The Morgan fingerprint density at radius 3 is 2.90 bits per heavy atom. The number of thiol groups is 1. The van der Waals surface area contributed by atoms with Crippen LogP contribution in [0.2, 0.25) is 0 Å². The molecule has 0 spiro atoms. The molecular weight excluding hydrogens is 306 g/mol. The molecule has 1 aromatic carbocycles. The van der Waals surface area contributed by atoms with Crippen LogP contribution in [0.25, 0.3) is 10.9 Å². The highest BCUT2D eigenvalue weighted by atomic mass is 32.2. The van der Waals surface area contributed by atoms with Crippen molar-refractivity contribution in [2.75, 3.05) is 5.75 Å². The van der Waals surface area contributed by atoms with Gasteiger partial charge in [-0.15, -0.1) is 12.6 Å². The molecule has 1 saturated heterocycles. The third-order valence-corrected chi connectivity index (χ3v) is 6.99. The molecule has 1 fully saturated rings. The Kier molecular flexibility index (Phi) is 4.04. The van der Waals surface area contributed by atoms with E-state index in [4.69, 9.17) is 12.2 Å². The Labute approximate surface area is 132 Å². The van der Waals surface area contributed by atoms with Gasteiger partial charge in [-0.2, -0.15) is 0 Å². The first-order valence-corrected chi connectivity index (χ1v) is 8.79. The normalized spacial score (nSPS) is 26.6. The van der Waals surface area contributed by atoms with Gasteiger partial charge in [0.15, 0.2) is 4.75 Å². The van der Waals surface area contributed by atoms with E-state index in [9.17, 15) is 4.55 Å². The maximum absolute atomic E-state index is 12.6. The quantitative estimate of drug-likeness (QED) is 0.521. The predicted molar refractivity (Wildman–Crippen MR) is 91.9 cm³/mol. The summed E-state index contributed by atoms with van der Waals surface area (Å²) in [7, 11) is 0. The minimum Gasteiger partial charge on any atom is -0.615 e. The summed E-state index contributed by atoms with van der Waals surface area (Å²) in [5.74, 6) is 0.688. The van der Waals surface area contributed by atoms with Crippen LogP contribution < -0.4 is 0 Å². The Morgan fingerprint density at radius 2 is 2.15 bits per heavy atom. The summed E-state index contributed by atoms with van der Waals surface area (Å²) in [5.41, 5.74) is 1.88. The van der Waals surface area contributed by atoms with Crippen LogP contribution in [0, 0.1) is 0 Å². The number of hydrogen-bond acceptors (Lipinski definition) is 3. The Morgan fingerprint density at radius 1 is 1.35 bits per heavy atom. The zero-order valence-corrected chi connectivity index (χ0v) is 13.4. The van der Waals surface area contributed by atoms with Crippen LogP contribution in [0.5, 0.6) is 0 Å². The summed E-state index contributed by atoms with van der Waals surface area (Å²) in [4.78, 5) is 4.49. The van der Waals surface area contributed by atoms with Crippen molar-refractivity contribution in [3.63, 3.8) is 0 Å². The van der Waals surface area contributed by atoms with Crippen LogP contribution in [0.4, 0.5) is 0 Å². The molecule has 1 aliphatic heterocycles. The molecular formula is C15H15NOS3. The number of benzene rings is 1. The van der Waals surface area contributed by atoms with Crippen LogP contribution in [-0.4, -0.2) is 19.5 Å². The minimum absolute atomic E-state index is 0.521. The zero-order valence-electron chi connectivity index (χ0n) is 10.9. The summed E-state index contributed by atoms with van der Waals surface area (Å²) in [6, 6.07) is 10.0. The second-order valence-electron chi connectivity index (χ2n) is 5.06. The van der Waals surface area contributed by atoms with Crippen molar-refractivity contribution in [3.05, 3.63) is 42.1 Å². The fourth-order valence-corrected chi connectivity index (χ4v) is 5.59. The van der Waals surface area contributed by atoms with E-state index in [1.54, 1.807) is 0 Å². The lowest BCUT2D eigenvalue weighted by Gasteiger charge is -2.38. The smallest absolute Gasteiger partial charge is 0.192 e. The van der Waals surface area contributed by atoms with Gasteiger partial charge in [0.05, 0.1) is 5.52 Å². The van der Waals surface area contributed by atoms with Gasteiger partial charge in [-0.3, -0.25) is 4.98 Å². The zero-order chi connectivity index (χ0) is 14.2. The summed E-state index contributed by atoms with van der Waals surface area (Å²) < 4.78 is 12.5. The molecule has 2 nitrogen and oxygen atoms in total. The van der Waals surface area contributed by atoms with E-state index in [0.29, 0.717) is 9.95 Å². The molecule has 1 aromatic heterocycles. The van der Waals surface area contributed by atoms with Crippen LogP contribution >= 0.6 is 24.8 Å². The van der Waals surface area contributed by atoms with Crippen LogP contribution in [0.15, 0.2) is 36.5 Å². The Bertz CT molecular complexity index is 660. The number of pyridine rings is 1. The molecule has 0 N–H and O–H groups in total. The summed E-state index contributed by atoms with van der Waals surface area (Å²) >= 11 is 8.74. The van der Waals surface area contributed by atoms with Gasteiger partial charge in [-0.25, -0.2) is 0 Å². The SMILES string of the molecule is [O-][S+]1CCCCC1(C(=S)S)c1cnc2ccccc2c1. The molecule has 20 heavy (non-hydrogen) atoms.